The summed E-state index contributed by atoms with van der Waals surface area (Å²) in [6, 6.07) is 18.6. The van der Waals surface area contributed by atoms with Gasteiger partial charge in [0.25, 0.3) is 0 Å². The van der Waals surface area contributed by atoms with Crippen LogP contribution in [0.2, 0.25) is 0 Å². The molecule has 29 heavy (non-hydrogen) atoms. The van der Waals surface area contributed by atoms with E-state index in [0.29, 0.717) is 11.8 Å². The van der Waals surface area contributed by atoms with Gasteiger partial charge in [-0.1, -0.05) is 79.6 Å². The number of benzene rings is 2. The summed E-state index contributed by atoms with van der Waals surface area (Å²) in [4.78, 5) is 12.5. The summed E-state index contributed by atoms with van der Waals surface area (Å²) in [5, 5.41) is 12.8. The van der Waals surface area contributed by atoms with Crippen molar-refractivity contribution < 1.29 is 4.79 Å². The molecule has 5 nitrogen and oxygen atoms in total. The van der Waals surface area contributed by atoms with E-state index < -0.39 is 0 Å². The number of carbonyl (C=O) groups excluding carboxylic acids is 1. The molecule has 4 rings (SSSR count). The van der Waals surface area contributed by atoms with E-state index in [2.05, 4.69) is 39.1 Å². The Kier molecular flexibility index (Phi) is 6.30. The van der Waals surface area contributed by atoms with Gasteiger partial charge < -0.3 is 5.32 Å². The van der Waals surface area contributed by atoms with Crippen LogP contribution in [0.3, 0.4) is 0 Å². The fourth-order valence-electron chi connectivity index (χ4n) is 3.82. The van der Waals surface area contributed by atoms with E-state index in [1.54, 1.807) is 0 Å². The first-order valence-electron chi connectivity index (χ1n) is 10.2. The molecule has 0 saturated heterocycles. The third-order valence-corrected chi connectivity index (χ3v) is 6.25. The van der Waals surface area contributed by atoms with E-state index in [1.807, 2.05) is 42.5 Å². The first-order valence-corrected chi connectivity index (χ1v) is 11.2. The monoisotopic (exact) mass is 406 g/mol. The second-order valence-electron chi connectivity index (χ2n) is 7.49. The van der Waals surface area contributed by atoms with E-state index in [0.717, 1.165) is 40.6 Å². The topological polar surface area (TPSA) is 59.8 Å². The minimum Gasteiger partial charge on any atom is -0.353 e. The van der Waals surface area contributed by atoms with Gasteiger partial charge in [0, 0.05) is 11.6 Å². The molecule has 0 aliphatic heterocycles. The smallest absolute Gasteiger partial charge is 0.230 e. The lowest BCUT2D eigenvalue weighted by Gasteiger charge is -2.22. The third-order valence-electron chi connectivity index (χ3n) is 5.32. The summed E-state index contributed by atoms with van der Waals surface area (Å²) < 4.78 is 2.06. The van der Waals surface area contributed by atoms with Crippen LogP contribution in [0.15, 0.2) is 59.8 Å². The molecule has 1 heterocycles. The van der Waals surface area contributed by atoms with Gasteiger partial charge in [-0.05, 0) is 31.4 Å². The molecule has 2 aromatic carbocycles. The molecule has 0 radical (unpaired) electrons. The number of carbonyl (C=O) groups is 1. The molecule has 1 fully saturated rings. The Morgan fingerprint density at radius 2 is 1.76 bits per heavy atom. The fourth-order valence-corrected chi connectivity index (χ4v) is 4.57. The average molecular weight is 407 g/mol. The van der Waals surface area contributed by atoms with Gasteiger partial charge in [0.2, 0.25) is 5.91 Å². The molecule has 150 valence electrons. The number of rotatable bonds is 6. The van der Waals surface area contributed by atoms with Gasteiger partial charge in [-0.25, -0.2) is 0 Å². The van der Waals surface area contributed by atoms with Crippen LogP contribution in [0, 0.1) is 6.92 Å². The van der Waals surface area contributed by atoms with Crippen LogP contribution in [-0.4, -0.2) is 32.5 Å². The summed E-state index contributed by atoms with van der Waals surface area (Å²) in [6.07, 6.45) is 5.88. The normalized spacial score (nSPS) is 14.7. The minimum absolute atomic E-state index is 0.0718. The lowest BCUT2D eigenvalue weighted by Crippen LogP contribution is -2.37. The molecular formula is C23H26N4OS. The highest BCUT2D eigenvalue weighted by Gasteiger charge is 2.20. The molecule has 0 atom stereocenters. The summed E-state index contributed by atoms with van der Waals surface area (Å²) in [5.41, 5.74) is 3.17. The lowest BCUT2D eigenvalue weighted by molar-refractivity contribution is -0.119. The van der Waals surface area contributed by atoms with E-state index in [9.17, 15) is 4.79 Å². The number of nitrogens with zero attached hydrogens (tertiary/aromatic N) is 3. The standard InChI is InChI=1S/C23H26N4OS/c1-17-10-8-9-15-20(17)27-22(18-11-4-2-5-12-18)25-26-23(27)29-16-21(28)24-19-13-6-3-7-14-19/h2,4-5,8-12,15,19H,3,6-7,13-14,16H2,1H3,(H,24,28). The van der Waals surface area contributed by atoms with Crippen LogP contribution in [0.4, 0.5) is 0 Å². The van der Waals surface area contributed by atoms with Crippen LogP contribution < -0.4 is 5.32 Å². The SMILES string of the molecule is Cc1ccccc1-n1c(SCC(=O)NC2CCCCC2)nnc1-c1ccccc1. The summed E-state index contributed by atoms with van der Waals surface area (Å²) >= 11 is 1.44. The maximum absolute atomic E-state index is 12.5. The number of amides is 1. The van der Waals surface area contributed by atoms with E-state index in [4.69, 9.17) is 0 Å². The lowest BCUT2D eigenvalue weighted by atomic mass is 9.95. The van der Waals surface area contributed by atoms with Gasteiger partial charge >= 0.3 is 0 Å². The van der Waals surface area contributed by atoms with Crippen molar-refractivity contribution in [2.24, 2.45) is 0 Å². The van der Waals surface area contributed by atoms with Gasteiger partial charge in [-0.15, -0.1) is 10.2 Å². The predicted molar refractivity (Wildman–Crippen MR) is 117 cm³/mol. The second kappa shape index (κ2) is 9.27. The van der Waals surface area contributed by atoms with Gasteiger partial charge in [0.1, 0.15) is 0 Å². The quantitative estimate of drug-likeness (QED) is 0.598. The molecule has 0 unspecified atom stereocenters. The number of para-hydroxylation sites is 1. The number of hydrogen-bond acceptors (Lipinski definition) is 4. The van der Waals surface area contributed by atoms with Crippen molar-refractivity contribution in [1.82, 2.24) is 20.1 Å². The van der Waals surface area contributed by atoms with Crippen molar-refractivity contribution in [2.75, 3.05) is 5.75 Å². The molecule has 6 heteroatoms. The highest BCUT2D eigenvalue weighted by atomic mass is 32.2. The van der Waals surface area contributed by atoms with Crippen LogP contribution >= 0.6 is 11.8 Å². The maximum Gasteiger partial charge on any atom is 0.230 e. The van der Waals surface area contributed by atoms with Crippen molar-refractivity contribution >= 4 is 17.7 Å². The molecule has 1 aliphatic carbocycles. The first-order chi connectivity index (χ1) is 14.2. The van der Waals surface area contributed by atoms with Crippen LogP contribution in [0.25, 0.3) is 17.1 Å². The number of thioether (sulfide) groups is 1. The van der Waals surface area contributed by atoms with Crippen LogP contribution in [-0.2, 0) is 4.79 Å². The molecule has 1 aromatic heterocycles. The van der Waals surface area contributed by atoms with Gasteiger partial charge in [-0.2, -0.15) is 0 Å². The Morgan fingerprint density at radius 3 is 2.52 bits per heavy atom. The molecule has 1 saturated carbocycles. The van der Waals surface area contributed by atoms with Gasteiger partial charge in [-0.3, -0.25) is 9.36 Å². The first kappa shape index (κ1) is 19.7. The van der Waals surface area contributed by atoms with Gasteiger partial charge in [0.05, 0.1) is 11.4 Å². The van der Waals surface area contributed by atoms with Crippen molar-refractivity contribution in [1.29, 1.82) is 0 Å². The summed E-state index contributed by atoms with van der Waals surface area (Å²) in [6.45, 7) is 2.08. The Bertz CT molecular complexity index is 964. The maximum atomic E-state index is 12.5. The van der Waals surface area contributed by atoms with E-state index in [1.165, 1.54) is 31.0 Å². The Hall–Kier alpha value is -2.60. The van der Waals surface area contributed by atoms with Crippen LogP contribution in [0.1, 0.15) is 37.7 Å². The van der Waals surface area contributed by atoms with Crippen LogP contribution in [0.5, 0.6) is 0 Å². The molecule has 1 amide bonds. The highest BCUT2D eigenvalue weighted by molar-refractivity contribution is 7.99. The molecule has 1 N–H and O–H groups in total. The third kappa shape index (κ3) is 4.70. The fraction of sp³-hybridized carbons (Fsp3) is 0.348. The molecule has 3 aromatic rings. The van der Waals surface area contributed by atoms with E-state index in [-0.39, 0.29) is 5.91 Å². The Labute approximate surface area is 175 Å². The zero-order chi connectivity index (χ0) is 20.1. The molecular weight excluding hydrogens is 380 g/mol. The summed E-state index contributed by atoms with van der Waals surface area (Å²) in [7, 11) is 0. The van der Waals surface area contributed by atoms with Crippen molar-refractivity contribution in [3.8, 4) is 17.1 Å². The number of hydrogen-bond donors (Lipinski definition) is 1. The zero-order valence-corrected chi connectivity index (χ0v) is 17.5. The molecule has 1 aliphatic rings. The minimum atomic E-state index is 0.0718. The number of aryl methyl sites for hydroxylation is 1. The van der Waals surface area contributed by atoms with Gasteiger partial charge in [0.15, 0.2) is 11.0 Å². The molecule has 0 spiro atoms. The molecule has 0 bridgehead atoms. The zero-order valence-electron chi connectivity index (χ0n) is 16.7. The number of aromatic nitrogens is 3. The Balaban J connectivity index is 1.57. The average Bonchev–Trinajstić information content (AvgIpc) is 3.18. The summed E-state index contributed by atoms with van der Waals surface area (Å²) in [5.74, 6) is 1.20. The Morgan fingerprint density at radius 1 is 1.03 bits per heavy atom. The second-order valence-corrected chi connectivity index (χ2v) is 8.43. The predicted octanol–water partition coefficient (Wildman–Crippen LogP) is 4.78. The van der Waals surface area contributed by atoms with Crippen molar-refractivity contribution in [3.05, 3.63) is 60.2 Å². The number of nitrogens with one attached hydrogen (secondary N) is 1. The highest BCUT2D eigenvalue weighted by Crippen LogP contribution is 2.29. The largest absolute Gasteiger partial charge is 0.353 e. The van der Waals surface area contributed by atoms with Crippen molar-refractivity contribution in [3.63, 3.8) is 0 Å². The van der Waals surface area contributed by atoms with Crippen molar-refractivity contribution in [2.45, 2.75) is 50.2 Å². The van der Waals surface area contributed by atoms with E-state index >= 15 is 0 Å².